The molecule has 5 heteroatoms. The van der Waals surface area contributed by atoms with Gasteiger partial charge in [-0.25, -0.2) is 4.98 Å². The smallest absolute Gasteiger partial charge is 0.131 e. The zero-order valence-corrected chi connectivity index (χ0v) is 13.4. The second-order valence-corrected chi connectivity index (χ2v) is 5.99. The van der Waals surface area contributed by atoms with Gasteiger partial charge in [0.2, 0.25) is 0 Å². The molecule has 0 aliphatic carbocycles. The molecule has 0 saturated carbocycles. The molecule has 0 spiro atoms. The van der Waals surface area contributed by atoms with Crippen molar-refractivity contribution in [2.75, 3.05) is 6.54 Å². The number of hydrogen-bond donors (Lipinski definition) is 1. The van der Waals surface area contributed by atoms with Crippen molar-refractivity contribution in [3.8, 4) is 5.75 Å². The second kappa shape index (κ2) is 7.62. The van der Waals surface area contributed by atoms with E-state index in [0.29, 0.717) is 6.61 Å². The number of rotatable bonds is 7. The van der Waals surface area contributed by atoms with Gasteiger partial charge in [-0.3, -0.25) is 0 Å². The number of nitrogens with zero attached hydrogens (tertiary/aromatic N) is 1. The number of aromatic nitrogens is 1. The molecule has 0 bridgehead atoms. The molecule has 3 nitrogen and oxygen atoms in total. The number of aryl methyl sites for hydroxylation is 1. The SMILES string of the molecule is CCCNCc1nc(COc2ccc(Cl)cc2C)cs1. The number of nitrogens with one attached hydrogen (secondary N) is 1. The average molecular weight is 311 g/mol. The van der Waals surface area contributed by atoms with E-state index in [1.165, 1.54) is 0 Å². The molecule has 20 heavy (non-hydrogen) atoms. The zero-order chi connectivity index (χ0) is 14.4. The van der Waals surface area contributed by atoms with Gasteiger partial charge in [0, 0.05) is 16.9 Å². The lowest BCUT2D eigenvalue weighted by Gasteiger charge is -2.07. The van der Waals surface area contributed by atoms with E-state index in [2.05, 4.69) is 17.2 Å². The molecule has 2 rings (SSSR count). The van der Waals surface area contributed by atoms with Crippen molar-refractivity contribution in [1.29, 1.82) is 0 Å². The van der Waals surface area contributed by atoms with Crippen molar-refractivity contribution in [3.63, 3.8) is 0 Å². The first kappa shape index (κ1) is 15.3. The fourth-order valence-electron chi connectivity index (χ4n) is 1.79. The normalized spacial score (nSPS) is 10.8. The van der Waals surface area contributed by atoms with Crippen molar-refractivity contribution < 1.29 is 4.74 Å². The summed E-state index contributed by atoms with van der Waals surface area (Å²) in [7, 11) is 0. The van der Waals surface area contributed by atoms with Crippen LogP contribution in [0.2, 0.25) is 5.02 Å². The number of hydrogen-bond acceptors (Lipinski definition) is 4. The van der Waals surface area contributed by atoms with Crippen LogP contribution in [-0.4, -0.2) is 11.5 Å². The Kier molecular flexibility index (Phi) is 5.83. The predicted molar refractivity (Wildman–Crippen MR) is 84.6 cm³/mol. The number of ether oxygens (including phenoxy) is 1. The summed E-state index contributed by atoms with van der Waals surface area (Å²) in [5, 5.41) is 7.23. The van der Waals surface area contributed by atoms with Crippen LogP contribution in [-0.2, 0) is 13.2 Å². The molecule has 0 radical (unpaired) electrons. The van der Waals surface area contributed by atoms with Gasteiger partial charge in [0.25, 0.3) is 0 Å². The van der Waals surface area contributed by atoms with Gasteiger partial charge in [-0.05, 0) is 43.7 Å². The molecule has 1 aromatic heterocycles. The van der Waals surface area contributed by atoms with E-state index in [0.717, 1.165) is 46.5 Å². The number of benzene rings is 1. The van der Waals surface area contributed by atoms with E-state index in [9.17, 15) is 0 Å². The summed E-state index contributed by atoms with van der Waals surface area (Å²) in [5.74, 6) is 0.855. The summed E-state index contributed by atoms with van der Waals surface area (Å²) in [6.07, 6.45) is 1.14. The van der Waals surface area contributed by atoms with E-state index >= 15 is 0 Å². The molecule has 0 atom stereocenters. The first-order valence-corrected chi connectivity index (χ1v) is 7.97. The summed E-state index contributed by atoms with van der Waals surface area (Å²) >= 11 is 7.59. The fourth-order valence-corrected chi connectivity index (χ4v) is 2.77. The third-order valence-electron chi connectivity index (χ3n) is 2.81. The van der Waals surface area contributed by atoms with E-state index in [-0.39, 0.29) is 0 Å². The van der Waals surface area contributed by atoms with Crippen molar-refractivity contribution >= 4 is 22.9 Å². The van der Waals surface area contributed by atoms with E-state index in [1.807, 2.05) is 30.5 Å². The van der Waals surface area contributed by atoms with Gasteiger partial charge >= 0.3 is 0 Å². The maximum Gasteiger partial charge on any atom is 0.131 e. The number of thiazole rings is 1. The fraction of sp³-hybridized carbons (Fsp3) is 0.400. The summed E-state index contributed by atoms with van der Waals surface area (Å²) < 4.78 is 5.78. The van der Waals surface area contributed by atoms with Crippen molar-refractivity contribution in [2.45, 2.75) is 33.4 Å². The Morgan fingerprint density at radius 1 is 1.40 bits per heavy atom. The van der Waals surface area contributed by atoms with Crippen molar-refractivity contribution in [1.82, 2.24) is 10.3 Å². The first-order chi connectivity index (χ1) is 9.69. The largest absolute Gasteiger partial charge is 0.487 e. The van der Waals surface area contributed by atoms with Crippen LogP contribution >= 0.6 is 22.9 Å². The van der Waals surface area contributed by atoms with Crippen molar-refractivity contribution in [2.24, 2.45) is 0 Å². The highest BCUT2D eigenvalue weighted by atomic mass is 35.5. The highest BCUT2D eigenvalue weighted by molar-refractivity contribution is 7.09. The second-order valence-electron chi connectivity index (χ2n) is 4.61. The Balaban J connectivity index is 1.87. The lowest BCUT2D eigenvalue weighted by molar-refractivity contribution is 0.300. The Morgan fingerprint density at radius 3 is 3.00 bits per heavy atom. The van der Waals surface area contributed by atoms with Crippen LogP contribution in [0.25, 0.3) is 0 Å². The topological polar surface area (TPSA) is 34.2 Å². The minimum atomic E-state index is 0.493. The Morgan fingerprint density at radius 2 is 2.25 bits per heavy atom. The molecule has 0 unspecified atom stereocenters. The molecule has 2 aromatic rings. The zero-order valence-electron chi connectivity index (χ0n) is 11.8. The van der Waals surface area contributed by atoms with E-state index in [1.54, 1.807) is 11.3 Å². The maximum absolute atomic E-state index is 5.92. The summed E-state index contributed by atoms with van der Waals surface area (Å²) in [6.45, 7) is 6.49. The molecule has 0 fully saturated rings. The average Bonchev–Trinajstić information content (AvgIpc) is 2.86. The molecule has 0 amide bonds. The highest BCUT2D eigenvalue weighted by Gasteiger charge is 2.05. The molecule has 108 valence electrons. The van der Waals surface area contributed by atoms with Crippen LogP contribution in [0.1, 0.15) is 29.6 Å². The third-order valence-corrected chi connectivity index (χ3v) is 3.95. The van der Waals surface area contributed by atoms with E-state index in [4.69, 9.17) is 16.3 Å². The van der Waals surface area contributed by atoms with Crippen LogP contribution in [0.15, 0.2) is 23.6 Å². The molecule has 1 aromatic carbocycles. The first-order valence-electron chi connectivity index (χ1n) is 6.72. The third kappa shape index (κ3) is 4.47. The highest BCUT2D eigenvalue weighted by Crippen LogP contribution is 2.23. The van der Waals surface area contributed by atoms with Gasteiger partial charge < -0.3 is 10.1 Å². The standard InChI is InChI=1S/C15H19ClN2OS/c1-3-6-17-8-15-18-13(10-20-15)9-19-14-5-4-12(16)7-11(14)2/h4-5,7,10,17H,3,6,8-9H2,1-2H3. The maximum atomic E-state index is 5.92. The minimum absolute atomic E-state index is 0.493. The summed E-state index contributed by atoms with van der Waals surface area (Å²) in [6, 6.07) is 5.64. The van der Waals surface area contributed by atoms with Crippen LogP contribution in [0.4, 0.5) is 0 Å². The van der Waals surface area contributed by atoms with Gasteiger partial charge in [-0.15, -0.1) is 11.3 Å². The molecule has 1 N–H and O–H groups in total. The Bertz CT molecular complexity index is 557. The van der Waals surface area contributed by atoms with Gasteiger partial charge in [0.05, 0.1) is 5.69 Å². The molecule has 0 aliphatic heterocycles. The van der Waals surface area contributed by atoms with Gasteiger partial charge in [0.1, 0.15) is 17.4 Å². The quantitative estimate of drug-likeness (QED) is 0.779. The molecule has 0 aliphatic rings. The van der Waals surface area contributed by atoms with Gasteiger partial charge in [-0.2, -0.15) is 0 Å². The predicted octanol–water partition coefficient (Wildman–Crippen LogP) is 4.18. The molecule has 1 heterocycles. The minimum Gasteiger partial charge on any atom is -0.487 e. The molecular weight excluding hydrogens is 292 g/mol. The van der Waals surface area contributed by atoms with Crippen LogP contribution in [0, 0.1) is 6.92 Å². The van der Waals surface area contributed by atoms with Crippen LogP contribution < -0.4 is 10.1 Å². The summed E-state index contributed by atoms with van der Waals surface area (Å²) in [5.41, 5.74) is 2.01. The van der Waals surface area contributed by atoms with Gasteiger partial charge in [-0.1, -0.05) is 18.5 Å². The van der Waals surface area contributed by atoms with Gasteiger partial charge in [0.15, 0.2) is 0 Å². The molecule has 0 saturated heterocycles. The number of halogens is 1. The van der Waals surface area contributed by atoms with Crippen molar-refractivity contribution in [3.05, 3.63) is 44.9 Å². The molecular formula is C15H19ClN2OS. The lowest BCUT2D eigenvalue weighted by Crippen LogP contribution is -2.13. The van der Waals surface area contributed by atoms with Crippen LogP contribution in [0.3, 0.4) is 0 Å². The summed E-state index contributed by atoms with van der Waals surface area (Å²) in [4.78, 5) is 4.55. The lowest BCUT2D eigenvalue weighted by atomic mass is 10.2. The van der Waals surface area contributed by atoms with E-state index < -0.39 is 0 Å². The Labute approximate surface area is 129 Å². The van der Waals surface area contributed by atoms with Crippen LogP contribution in [0.5, 0.6) is 5.75 Å². The monoisotopic (exact) mass is 310 g/mol. The Hall–Kier alpha value is -1.10.